The molecule has 0 aliphatic heterocycles. The van der Waals surface area contributed by atoms with Crippen LogP contribution in [0.5, 0.6) is 11.5 Å². The van der Waals surface area contributed by atoms with E-state index >= 15 is 0 Å². The number of carbonyl (C=O) groups excluding carboxylic acids is 2. The second kappa shape index (κ2) is 9.01. The third-order valence-corrected chi connectivity index (χ3v) is 4.96. The second-order valence-electron chi connectivity index (χ2n) is 7.75. The molecule has 3 aromatic carbocycles. The highest BCUT2D eigenvalue weighted by Gasteiger charge is 2.11. The van der Waals surface area contributed by atoms with Crippen molar-refractivity contribution in [3.8, 4) is 34.1 Å². The molecule has 0 saturated heterocycles. The van der Waals surface area contributed by atoms with Gasteiger partial charge in [0.2, 0.25) is 0 Å². The van der Waals surface area contributed by atoms with Gasteiger partial charge in [0.1, 0.15) is 23.0 Å². The molecule has 0 fully saturated rings. The highest BCUT2D eigenvalue weighted by atomic mass is 16.5. The summed E-state index contributed by atoms with van der Waals surface area (Å²) in [4.78, 5) is 23.4. The molecule has 33 heavy (non-hydrogen) atoms. The van der Waals surface area contributed by atoms with Gasteiger partial charge in [0.25, 0.3) is 0 Å². The van der Waals surface area contributed by atoms with Crippen LogP contribution < -0.4 is 9.47 Å². The molecule has 164 valence electrons. The Morgan fingerprint density at radius 1 is 0.636 bits per heavy atom. The van der Waals surface area contributed by atoms with Gasteiger partial charge in [-0.05, 0) is 79.2 Å². The van der Waals surface area contributed by atoms with E-state index in [1.807, 2.05) is 54.6 Å². The lowest BCUT2D eigenvalue weighted by atomic mass is 10.1. The fraction of sp³-hybridized carbons (Fsp3) is 0.0714. The predicted octanol–water partition coefficient (Wildman–Crippen LogP) is 6.73. The molecule has 1 heterocycles. The van der Waals surface area contributed by atoms with Gasteiger partial charge in [0.05, 0.1) is 0 Å². The molecule has 0 amide bonds. The van der Waals surface area contributed by atoms with Gasteiger partial charge in [0, 0.05) is 22.3 Å². The lowest BCUT2D eigenvalue weighted by molar-refractivity contribution is -0.130. The van der Waals surface area contributed by atoms with E-state index in [9.17, 15) is 9.59 Å². The molecule has 4 rings (SSSR count). The van der Waals surface area contributed by atoms with E-state index < -0.39 is 11.9 Å². The number of carbonyl (C=O) groups is 2. The van der Waals surface area contributed by atoms with Crippen LogP contribution in [-0.4, -0.2) is 11.9 Å². The zero-order valence-electron chi connectivity index (χ0n) is 18.4. The van der Waals surface area contributed by atoms with Crippen molar-refractivity contribution in [2.75, 3.05) is 0 Å². The van der Waals surface area contributed by atoms with Gasteiger partial charge >= 0.3 is 11.9 Å². The average Bonchev–Trinajstić information content (AvgIpc) is 3.29. The third-order valence-electron chi connectivity index (χ3n) is 4.96. The van der Waals surface area contributed by atoms with Crippen LogP contribution in [0.2, 0.25) is 0 Å². The van der Waals surface area contributed by atoms with Crippen molar-refractivity contribution in [3.63, 3.8) is 0 Å². The van der Waals surface area contributed by atoms with Crippen molar-refractivity contribution >= 4 is 22.7 Å². The maximum atomic E-state index is 11.7. The predicted molar refractivity (Wildman–Crippen MR) is 128 cm³/mol. The Morgan fingerprint density at radius 2 is 1.12 bits per heavy atom. The first-order chi connectivity index (χ1) is 15.8. The third kappa shape index (κ3) is 4.93. The first-order valence-electron chi connectivity index (χ1n) is 10.3. The number of hydrogen-bond acceptors (Lipinski definition) is 5. The van der Waals surface area contributed by atoms with Crippen molar-refractivity contribution < 1.29 is 23.5 Å². The lowest BCUT2D eigenvalue weighted by Gasteiger charge is -2.06. The summed E-state index contributed by atoms with van der Waals surface area (Å²) in [6.07, 6.45) is 0. The molecule has 0 unspecified atom stereocenters. The van der Waals surface area contributed by atoms with Crippen molar-refractivity contribution in [3.05, 3.63) is 97.1 Å². The van der Waals surface area contributed by atoms with E-state index in [0.717, 1.165) is 27.7 Å². The summed E-state index contributed by atoms with van der Waals surface area (Å²) in [7, 11) is 0. The van der Waals surface area contributed by atoms with Crippen molar-refractivity contribution in [2.24, 2.45) is 0 Å². The van der Waals surface area contributed by atoms with E-state index in [1.54, 1.807) is 32.0 Å². The standard InChI is InChI=1S/C28H22O5/c1-17(2)27(29)31-23-10-7-19(8-11-23)25-13-14-26(33-25)22-6-5-21-16-24(12-9-20(21)15-22)32-28(30)18(3)4/h5-16H,1,3H2,2,4H3. The van der Waals surface area contributed by atoms with Crippen LogP contribution in [0, 0.1) is 0 Å². The van der Waals surface area contributed by atoms with Crippen LogP contribution in [0.25, 0.3) is 33.4 Å². The van der Waals surface area contributed by atoms with Crippen LogP contribution in [-0.2, 0) is 9.59 Å². The van der Waals surface area contributed by atoms with E-state index in [2.05, 4.69) is 13.2 Å². The molecule has 0 radical (unpaired) electrons. The quantitative estimate of drug-likeness (QED) is 0.190. The maximum absolute atomic E-state index is 11.7. The fourth-order valence-corrected chi connectivity index (χ4v) is 3.16. The number of hydrogen-bond donors (Lipinski definition) is 0. The topological polar surface area (TPSA) is 65.7 Å². The maximum Gasteiger partial charge on any atom is 0.338 e. The first-order valence-corrected chi connectivity index (χ1v) is 10.3. The number of ether oxygens (including phenoxy) is 2. The van der Waals surface area contributed by atoms with Crippen LogP contribution in [0.3, 0.4) is 0 Å². The number of furan rings is 1. The Balaban J connectivity index is 1.53. The smallest absolute Gasteiger partial charge is 0.338 e. The molecule has 0 N–H and O–H groups in total. The van der Waals surface area contributed by atoms with Gasteiger partial charge in [-0.25, -0.2) is 9.59 Å². The Labute approximate surface area is 191 Å². The number of esters is 2. The summed E-state index contributed by atoms with van der Waals surface area (Å²) in [6.45, 7) is 10.4. The molecule has 0 aliphatic carbocycles. The molecule has 0 saturated carbocycles. The largest absolute Gasteiger partial charge is 0.456 e. The molecule has 4 aromatic rings. The van der Waals surface area contributed by atoms with Crippen molar-refractivity contribution in [1.29, 1.82) is 0 Å². The van der Waals surface area contributed by atoms with Gasteiger partial charge in [-0.1, -0.05) is 31.4 Å². The molecule has 0 spiro atoms. The van der Waals surface area contributed by atoms with Crippen molar-refractivity contribution in [1.82, 2.24) is 0 Å². The van der Waals surface area contributed by atoms with Gasteiger partial charge in [-0.2, -0.15) is 0 Å². The Morgan fingerprint density at radius 3 is 1.76 bits per heavy atom. The zero-order chi connectivity index (χ0) is 23.5. The highest BCUT2D eigenvalue weighted by molar-refractivity contribution is 5.91. The second-order valence-corrected chi connectivity index (χ2v) is 7.75. The van der Waals surface area contributed by atoms with Crippen LogP contribution in [0.1, 0.15) is 13.8 Å². The monoisotopic (exact) mass is 438 g/mol. The Hall–Kier alpha value is -4.38. The first kappa shape index (κ1) is 21.8. The van der Waals surface area contributed by atoms with E-state index in [4.69, 9.17) is 13.9 Å². The zero-order valence-corrected chi connectivity index (χ0v) is 18.4. The average molecular weight is 438 g/mol. The van der Waals surface area contributed by atoms with E-state index in [0.29, 0.717) is 28.4 Å². The summed E-state index contributed by atoms with van der Waals surface area (Å²) >= 11 is 0. The summed E-state index contributed by atoms with van der Waals surface area (Å²) in [6, 6.07) is 22.3. The molecule has 0 bridgehead atoms. The number of fused-ring (bicyclic) bond motifs is 1. The SMILES string of the molecule is C=C(C)C(=O)Oc1ccc(-c2ccc(-c3ccc4cc(OC(=O)C(=C)C)ccc4c3)o2)cc1. The van der Waals surface area contributed by atoms with Gasteiger partial charge in [-0.15, -0.1) is 0 Å². The molecular weight excluding hydrogens is 416 g/mol. The summed E-state index contributed by atoms with van der Waals surface area (Å²) in [5.41, 5.74) is 2.48. The lowest BCUT2D eigenvalue weighted by Crippen LogP contribution is -2.07. The number of benzene rings is 3. The molecule has 0 atom stereocenters. The number of rotatable bonds is 6. The summed E-state index contributed by atoms with van der Waals surface area (Å²) < 4.78 is 16.6. The highest BCUT2D eigenvalue weighted by Crippen LogP contribution is 2.32. The van der Waals surface area contributed by atoms with E-state index in [-0.39, 0.29) is 0 Å². The normalized spacial score (nSPS) is 10.6. The minimum atomic E-state index is -0.458. The summed E-state index contributed by atoms with van der Waals surface area (Å²) in [5.74, 6) is 1.44. The molecule has 0 aliphatic rings. The van der Waals surface area contributed by atoms with Crippen molar-refractivity contribution in [2.45, 2.75) is 13.8 Å². The van der Waals surface area contributed by atoms with E-state index in [1.165, 1.54) is 0 Å². The molecular formula is C28H22O5. The Bertz CT molecular complexity index is 1390. The van der Waals surface area contributed by atoms with Crippen LogP contribution in [0.15, 0.2) is 102 Å². The van der Waals surface area contributed by atoms with Gasteiger partial charge in [-0.3, -0.25) is 0 Å². The van der Waals surface area contributed by atoms with Crippen LogP contribution in [0.4, 0.5) is 0 Å². The van der Waals surface area contributed by atoms with Crippen LogP contribution >= 0.6 is 0 Å². The minimum absolute atomic E-state index is 0.342. The van der Waals surface area contributed by atoms with Gasteiger partial charge < -0.3 is 13.9 Å². The Kier molecular flexibility index (Phi) is 5.96. The fourth-order valence-electron chi connectivity index (χ4n) is 3.16. The molecule has 5 nitrogen and oxygen atoms in total. The van der Waals surface area contributed by atoms with Gasteiger partial charge in [0.15, 0.2) is 0 Å². The minimum Gasteiger partial charge on any atom is -0.456 e. The molecule has 5 heteroatoms. The molecule has 1 aromatic heterocycles. The summed E-state index contributed by atoms with van der Waals surface area (Å²) in [5, 5.41) is 1.93.